The first-order chi connectivity index (χ1) is 17.3. The quantitative estimate of drug-likeness (QED) is 0.252. The maximum absolute atomic E-state index is 13.8. The summed E-state index contributed by atoms with van der Waals surface area (Å²) in [6.45, 7) is 5.71. The van der Waals surface area contributed by atoms with Crippen LogP contribution in [0.2, 0.25) is 0 Å². The number of anilines is 1. The summed E-state index contributed by atoms with van der Waals surface area (Å²) in [6.07, 6.45) is 3.62. The predicted octanol–water partition coefficient (Wildman–Crippen LogP) is 7.73. The van der Waals surface area contributed by atoms with Crippen molar-refractivity contribution in [2.75, 3.05) is 5.32 Å². The van der Waals surface area contributed by atoms with Gasteiger partial charge in [-0.2, -0.15) is 0 Å². The van der Waals surface area contributed by atoms with E-state index < -0.39 is 0 Å². The summed E-state index contributed by atoms with van der Waals surface area (Å²) in [4.78, 5) is 32.8. The Bertz CT molecular complexity index is 1470. The number of aryl methyl sites for hydroxylation is 2. The van der Waals surface area contributed by atoms with Crippen LogP contribution in [0.4, 0.5) is 5.00 Å². The highest BCUT2D eigenvalue weighted by Gasteiger charge is 2.28. The largest absolute Gasteiger partial charge is 0.459 e. The number of hydrogen-bond donors (Lipinski definition) is 1. The molecular weight excluding hydrogens is 536 g/mol. The number of carbonyl (C=O) groups is 2. The van der Waals surface area contributed by atoms with E-state index in [9.17, 15) is 9.59 Å². The number of fused-ring (bicyclic) bond motifs is 2. The van der Waals surface area contributed by atoms with Gasteiger partial charge >= 0.3 is 5.97 Å². The van der Waals surface area contributed by atoms with Crippen molar-refractivity contribution < 1.29 is 14.3 Å². The highest BCUT2D eigenvalue weighted by atomic mass is 79.9. The number of benzene rings is 2. The highest BCUT2D eigenvalue weighted by molar-refractivity contribution is 9.10. The Morgan fingerprint density at radius 3 is 2.56 bits per heavy atom. The summed E-state index contributed by atoms with van der Waals surface area (Å²) >= 11 is 5.02. The monoisotopic (exact) mass is 562 g/mol. The lowest BCUT2D eigenvalue weighted by molar-refractivity contribution is 0.0378. The molecule has 1 N–H and O–H groups in total. The zero-order chi connectivity index (χ0) is 25.4. The van der Waals surface area contributed by atoms with Gasteiger partial charge in [-0.15, -0.1) is 11.3 Å². The van der Waals surface area contributed by atoms with Gasteiger partial charge in [0.15, 0.2) is 0 Å². The van der Waals surface area contributed by atoms with E-state index in [1.807, 2.05) is 69.3 Å². The topological polar surface area (TPSA) is 68.3 Å². The van der Waals surface area contributed by atoms with Gasteiger partial charge in [-0.25, -0.2) is 9.78 Å². The van der Waals surface area contributed by atoms with Crippen LogP contribution < -0.4 is 5.32 Å². The number of rotatable bonds is 5. The molecule has 0 fully saturated rings. The average molecular weight is 564 g/mol. The smallest absolute Gasteiger partial charge is 0.341 e. The SMILES string of the molecule is Cc1ccc(-c2cc(C(=O)Nc3sc4c(c3C(=O)OC(C)C)CCCC4)c3cc(Br)ccc3n2)cc1. The molecule has 1 aliphatic carbocycles. The molecule has 36 heavy (non-hydrogen) atoms. The van der Waals surface area contributed by atoms with Crippen molar-refractivity contribution in [3.8, 4) is 11.3 Å². The first kappa shape index (κ1) is 24.7. The number of thiophene rings is 1. The van der Waals surface area contributed by atoms with Crippen molar-refractivity contribution in [3.63, 3.8) is 0 Å². The van der Waals surface area contributed by atoms with Gasteiger partial charge in [0, 0.05) is 20.3 Å². The number of pyridine rings is 1. The Kier molecular flexibility index (Phi) is 6.95. The van der Waals surface area contributed by atoms with E-state index >= 15 is 0 Å². The van der Waals surface area contributed by atoms with Gasteiger partial charge in [0.25, 0.3) is 5.91 Å². The van der Waals surface area contributed by atoms with E-state index in [-0.39, 0.29) is 18.0 Å². The molecule has 2 aromatic heterocycles. The maximum atomic E-state index is 13.8. The van der Waals surface area contributed by atoms with E-state index in [4.69, 9.17) is 9.72 Å². The Labute approximate surface area is 223 Å². The van der Waals surface area contributed by atoms with Crippen LogP contribution in [0.3, 0.4) is 0 Å². The molecule has 0 aliphatic heterocycles. The lowest BCUT2D eigenvalue weighted by atomic mass is 9.95. The van der Waals surface area contributed by atoms with Crippen LogP contribution >= 0.6 is 27.3 Å². The van der Waals surface area contributed by atoms with Crippen molar-refractivity contribution in [3.05, 3.63) is 80.1 Å². The van der Waals surface area contributed by atoms with Gasteiger partial charge in [-0.05, 0) is 76.3 Å². The zero-order valence-corrected chi connectivity index (χ0v) is 22.9. The molecule has 0 spiro atoms. The van der Waals surface area contributed by atoms with E-state index in [2.05, 4.69) is 21.2 Å². The molecule has 1 amide bonds. The second kappa shape index (κ2) is 10.1. The molecule has 5 rings (SSSR count). The predicted molar refractivity (Wildman–Crippen MR) is 149 cm³/mol. The fourth-order valence-corrected chi connectivity index (χ4v) is 6.20. The summed E-state index contributed by atoms with van der Waals surface area (Å²) in [6, 6.07) is 15.6. The molecule has 4 aromatic rings. The second-order valence-corrected chi connectivity index (χ2v) is 11.4. The summed E-state index contributed by atoms with van der Waals surface area (Å²) in [5, 5.41) is 4.38. The highest BCUT2D eigenvalue weighted by Crippen LogP contribution is 2.39. The third-order valence-corrected chi connectivity index (χ3v) is 8.01. The third-order valence-electron chi connectivity index (χ3n) is 6.31. The van der Waals surface area contributed by atoms with Gasteiger partial charge in [0.2, 0.25) is 0 Å². The number of carbonyl (C=O) groups excluding carboxylic acids is 2. The average Bonchev–Trinajstić information content (AvgIpc) is 3.21. The lowest BCUT2D eigenvalue weighted by Gasteiger charge is -2.14. The molecule has 0 saturated heterocycles. The lowest BCUT2D eigenvalue weighted by Crippen LogP contribution is -2.18. The van der Waals surface area contributed by atoms with Gasteiger partial charge in [-0.1, -0.05) is 45.8 Å². The number of halogens is 1. The summed E-state index contributed by atoms with van der Waals surface area (Å²) in [5.41, 5.74) is 5.58. The van der Waals surface area contributed by atoms with Crippen LogP contribution in [0.5, 0.6) is 0 Å². The zero-order valence-electron chi connectivity index (χ0n) is 20.5. The number of nitrogens with one attached hydrogen (secondary N) is 1. The molecular formula is C29H27BrN2O3S. The first-order valence-electron chi connectivity index (χ1n) is 12.1. The fraction of sp³-hybridized carbons (Fsp3) is 0.276. The summed E-state index contributed by atoms with van der Waals surface area (Å²) < 4.78 is 6.42. The minimum Gasteiger partial charge on any atom is -0.459 e. The van der Waals surface area contributed by atoms with Crippen molar-refractivity contribution >= 4 is 55.0 Å². The molecule has 184 valence electrons. The minimum atomic E-state index is -0.373. The van der Waals surface area contributed by atoms with E-state index in [0.717, 1.165) is 68.3 Å². The number of nitrogens with zero attached hydrogens (tertiary/aromatic N) is 1. The Morgan fingerprint density at radius 2 is 1.81 bits per heavy atom. The van der Waals surface area contributed by atoms with Crippen LogP contribution in [0, 0.1) is 6.92 Å². The molecule has 0 radical (unpaired) electrons. The Balaban J connectivity index is 1.59. The summed E-state index contributed by atoms with van der Waals surface area (Å²) in [5.74, 6) is -0.645. The van der Waals surface area contributed by atoms with Crippen LogP contribution in [0.25, 0.3) is 22.2 Å². The van der Waals surface area contributed by atoms with Gasteiger partial charge in [-0.3, -0.25) is 4.79 Å². The molecule has 0 saturated carbocycles. The van der Waals surface area contributed by atoms with Crippen molar-refractivity contribution in [1.29, 1.82) is 0 Å². The molecule has 2 heterocycles. The van der Waals surface area contributed by atoms with Crippen LogP contribution in [0.15, 0.2) is 53.0 Å². The van der Waals surface area contributed by atoms with E-state index in [1.54, 1.807) is 0 Å². The van der Waals surface area contributed by atoms with Crippen LogP contribution in [0.1, 0.15) is 63.4 Å². The molecule has 7 heteroatoms. The van der Waals surface area contributed by atoms with Crippen molar-refractivity contribution in [2.45, 2.75) is 52.6 Å². The normalized spacial score (nSPS) is 13.0. The molecule has 1 aliphatic rings. The van der Waals surface area contributed by atoms with E-state index in [1.165, 1.54) is 11.3 Å². The second-order valence-electron chi connectivity index (χ2n) is 9.41. The number of hydrogen-bond acceptors (Lipinski definition) is 5. The maximum Gasteiger partial charge on any atom is 0.341 e. The number of amides is 1. The van der Waals surface area contributed by atoms with E-state index in [0.29, 0.717) is 16.1 Å². The standard InChI is InChI=1S/C29H27BrN2O3S/c1-16(2)35-29(34)26-20-6-4-5-7-25(20)36-28(26)32-27(33)22-15-24(18-10-8-17(3)9-11-18)31-23-13-12-19(30)14-21(22)23/h8-16H,4-7H2,1-3H3,(H,32,33). The Hall–Kier alpha value is -3.03. The Morgan fingerprint density at radius 1 is 1.06 bits per heavy atom. The number of aromatic nitrogens is 1. The van der Waals surface area contributed by atoms with Crippen LogP contribution in [-0.2, 0) is 17.6 Å². The number of esters is 1. The van der Waals surface area contributed by atoms with Gasteiger partial charge < -0.3 is 10.1 Å². The van der Waals surface area contributed by atoms with Crippen LogP contribution in [-0.4, -0.2) is 23.0 Å². The molecule has 0 bridgehead atoms. The van der Waals surface area contributed by atoms with Gasteiger partial charge in [0.05, 0.1) is 28.4 Å². The van der Waals surface area contributed by atoms with Crippen molar-refractivity contribution in [2.24, 2.45) is 0 Å². The molecule has 2 aromatic carbocycles. The number of ether oxygens (including phenoxy) is 1. The van der Waals surface area contributed by atoms with Gasteiger partial charge in [0.1, 0.15) is 5.00 Å². The minimum absolute atomic E-state index is 0.237. The molecule has 0 unspecified atom stereocenters. The van der Waals surface area contributed by atoms with Crippen molar-refractivity contribution in [1.82, 2.24) is 4.98 Å². The summed E-state index contributed by atoms with van der Waals surface area (Å²) in [7, 11) is 0. The third kappa shape index (κ3) is 4.95. The molecule has 5 nitrogen and oxygen atoms in total. The fourth-order valence-electron chi connectivity index (χ4n) is 4.57. The first-order valence-corrected chi connectivity index (χ1v) is 13.8. The molecule has 0 atom stereocenters.